The molecule has 0 bridgehead atoms. The van der Waals surface area contributed by atoms with Crippen LogP contribution in [0.4, 0.5) is 5.13 Å². The molecule has 0 saturated carbocycles. The van der Waals surface area contributed by atoms with Gasteiger partial charge in [0, 0.05) is 12.7 Å². The van der Waals surface area contributed by atoms with Crippen LogP contribution in [0.15, 0.2) is 18.2 Å². The van der Waals surface area contributed by atoms with Crippen LogP contribution in [0.25, 0.3) is 0 Å². The van der Waals surface area contributed by atoms with Crippen LogP contribution in [-0.2, 0) is 6.54 Å². The standard InChI is InChI=1S/C11H13N5OS/c1-7-4-3-5-8(13-7)6-16(2)10(17)9-14-15-11(12)18-9/h3-5H,6H2,1-2H3,(H2,12,15). The third-order valence-electron chi connectivity index (χ3n) is 2.32. The number of aryl methyl sites for hydroxylation is 1. The Balaban J connectivity index is 2.08. The maximum Gasteiger partial charge on any atom is 0.284 e. The number of aromatic nitrogens is 3. The molecule has 0 saturated heterocycles. The van der Waals surface area contributed by atoms with Gasteiger partial charge in [-0.2, -0.15) is 0 Å². The second-order valence-electron chi connectivity index (χ2n) is 3.88. The predicted octanol–water partition coefficient (Wildman–Crippen LogP) is 1.10. The molecule has 2 rings (SSSR count). The zero-order valence-electron chi connectivity index (χ0n) is 10.1. The van der Waals surface area contributed by atoms with Crippen molar-refractivity contribution in [2.75, 3.05) is 12.8 Å². The lowest BCUT2D eigenvalue weighted by atomic mass is 10.3. The van der Waals surface area contributed by atoms with Crippen molar-refractivity contribution in [2.45, 2.75) is 13.5 Å². The molecule has 6 nitrogen and oxygen atoms in total. The average Bonchev–Trinajstić information content (AvgIpc) is 2.75. The maximum atomic E-state index is 12.0. The summed E-state index contributed by atoms with van der Waals surface area (Å²) >= 11 is 1.08. The Labute approximate surface area is 108 Å². The number of hydrogen-bond donors (Lipinski definition) is 1. The average molecular weight is 263 g/mol. The van der Waals surface area contributed by atoms with E-state index in [-0.39, 0.29) is 5.91 Å². The van der Waals surface area contributed by atoms with Gasteiger partial charge in [0.15, 0.2) is 0 Å². The number of nitrogens with two attached hydrogens (primary N) is 1. The third-order valence-corrected chi connectivity index (χ3v) is 3.06. The molecule has 0 atom stereocenters. The van der Waals surface area contributed by atoms with Crippen molar-refractivity contribution in [3.8, 4) is 0 Å². The smallest absolute Gasteiger partial charge is 0.284 e. The molecular weight excluding hydrogens is 250 g/mol. The van der Waals surface area contributed by atoms with E-state index in [9.17, 15) is 4.79 Å². The van der Waals surface area contributed by atoms with Crippen LogP contribution in [0.2, 0.25) is 0 Å². The quantitative estimate of drug-likeness (QED) is 0.896. The van der Waals surface area contributed by atoms with Gasteiger partial charge in [-0.1, -0.05) is 17.4 Å². The molecule has 2 aromatic rings. The molecule has 2 N–H and O–H groups in total. The molecule has 94 valence electrons. The molecule has 18 heavy (non-hydrogen) atoms. The lowest BCUT2D eigenvalue weighted by Crippen LogP contribution is -2.26. The molecule has 0 aromatic carbocycles. The first-order valence-corrected chi connectivity index (χ1v) is 6.15. The molecule has 7 heteroatoms. The second-order valence-corrected chi connectivity index (χ2v) is 4.89. The highest BCUT2D eigenvalue weighted by atomic mass is 32.1. The largest absolute Gasteiger partial charge is 0.374 e. The van der Waals surface area contributed by atoms with Crippen molar-refractivity contribution in [1.82, 2.24) is 20.1 Å². The first-order valence-electron chi connectivity index (χ1n) is 5.33. The molecule has 0 aliphatic rings. The molecule has 2 aromatic heterocycles. The van der Waals surface area contributed by atoms with Gasteiger partial charge in [0.1, 0.15) is 0 Å². The van der Waals surface area contributed by atoms with E-state index in [4.69, 9.17) is 5.73 Å². The zero-order chi connectivity index (χ0) is 13.1. The van der Waals surface area contributed by atoms with Gasteiger partial charge in [-0.15, -0.1) is 10.2 Å². The molecule has 0 unspecified atom stereocenters. The summed E-state index contributed by atoms with van der Waals surface area (Å²) in [4.78, 5) is 17.9. The summed E-state index contributed by atoms with van der Waals surface area (Å²) in [5.41, 5.74) is 7.21. The van der Waals surface area contributed by atoms with Crippen molar-refractivity contribution in [2.24, 2.45) is 0 Å². The van der Waals surface area contributed by atoms with Gasteiger partial charge in [-0.3, -0.25) is 9.78 Å². The van der Waals surface area contributed by atoms with Crippen LogP contribution >= 0.6 is 11.3 Å². The minimum Gasteiger partial charge on any atom is -0.374 e. The highest BCUT2D eigenvalue weighted by Crippen LogP contribution is 2.14. The van der Waals surface area contributed by atoms with E-state index in [0.29, 0.717) is 16.7 Å². The first-order chi connectivity index (χ1) is 8.56. The van der Waals surface area contributed by atoms with Crippen molar-refractivity contribution >= 4 is 22.4 Å². The summed E-state index contributed by atoms with van der Waals surface area (Å²) in [6.45, 7) is 2.34. The lowest BCUT2D eigenvalue weighted by Gasteiger charge is -2.14. The summed E-state index contributed by atoms with van der Waals surface area (Å²) < 4.78 is 0. The van der Waals surface area contributed by atoms with Crippen LogP contribution in [0.3, 0.4) is 0 Å². The van der Waals surface area contributed by atoms with Crippen molar-refractivity contribution in [3.63, 3.8) is 0 Å². The minimum atomic E-state index is -0.201. The Morgan fingerprint density at radius 2 is 2.22 bits per heavy atom. The molecule has 0 fully saturated rings. The summed E-state index contributed by atoms with van der Waals surface area (Å²) in [6.07, 6.45) is 0. The summed E-state index contributed by atoms with van der Waals surface area (Å²) in [6, 6.07) is 5.71. The highest BCUT2D eigenvalue weighted by molar-refractivity contribution is 7.16. The van der Waals surface area contributed by atoms with E-state index in [2.05, 4.69) is 15.2 Å². The molecule has 0 spiro atoms. The van der Waals surface area contributed by atoms with Crippen molar-refractivity contribution < 1.29 is 4.79 Å². The third kappa shape index (κ3) is 2.80. The second kappa shape index (κ2) is 5.09. The van der Waals surface area contributed by atoms with Crippen LogP contribution in [0, 0.1) is 6.92 Å². The van der Waals surface area contributed by atoms with E-state index >= 15 is 0 Å². The number of anilines is 1. The molecule has 0 aliphatic carbocycles. The van der Waals surface area contributed by atoms with E-state index in [1.54, 1.807) is 11.9 Å². The molecular formula is C11H13N5OS. The van der Waals surface area contributed by atoms with E-state index in [0.717, 1.165) is 22.7 Å². The van der Waals surface area contributed by atoms with Crippen LogP contribution in [0.1, 0.15) is 21.2 Å². The Hall–Kier alpha value is -2.02. The number of nitrogens with zero attached hydrogens (tertiary/aromatic N) is 4. The number of carbonyl (C=O) groups excluding carboxylic acids is 1. The monoisotopic (exact) mass is 263 g/mol. The van der Waals surface area contributed by atoms with Gasteiger partial charge in [-0.05, 0) is 19.1 Å². The molecule has 0 aliphatic heterocycles. The number of nitrogen functional groups attached to an aromatic ring is 1. The Bertz CT molecular complexity index is 568. The fourth-order valence-electron chi connectivity index (χ4n) is 1.49. The minimum absolute atomic E-state index is 0.201. The maximum absolute atomic E-state index is 12.0. The van der Waals surface area contributed by atoms with E-state index in [1.165, 1.54) is 0 Å². The zero-order valence-corrected chi connectivity index (χ0v) is 10.9. The van der Waals surface area contributed by atoms with Gasteiger partial charge in [0.05, 0.1) is 12.2 Å². The fraction of sp³-hybridized carbons (Fsp3) is 0.273. The van der Waals surface area contributed by atoms with Gasteiger partial charge in [-0.25, -0.2) is 0 Å². The summed E-state index contributed by atoms with van der Waals surface area (Å²) in [7, 11) is 1.70. The Morgan fingerprint density at radius 1 is 1.44 bits per heavy atom. The Morgan fingerprint density at radius 3 is 2.83 bits per heavy atom. The lowest BCUT2D eigenvalue weighted by molar-refractivity contribution is 0.0782. The van der Waals surface area contributed by atoms with Crippen LogP contribution in [0.5, 0.6) is 0 Å². The van der Waals surface area contributed by atoms with Gasteiger partial charge < -0.3 is 10.6 Å². The van der Waals surface area contributed by atoms with Crippen LogP contribution in [-0.4, -0.2) is 33.0 Å². The Kier molecular flexibility index (Phi) is 3.52. The summed E-state index contributed by atoms with van der Waals surface area (Å²) in [5, 5.41) is 7.94. The van der Waals surface area contributed by atoms with Gasteiger partial charge >= 0.3 is 0 Å². The van der Waals surface area contributed by atoms with Gasteiger partial charge in [0.25, 0.3) is 5.91 Å². The van der Waals surface area contributed by atoms with E-state index < -0.39 is 0 Å². The topological polar surface area (TPSA) is 85.0 Å². The molecule has 2 heterocycles. The van der Waals surface area contributed by atoms with Gasteiger partial charge in [0.2, 0.25) is 10.1 Å². The summed E-state index contributed by atoms with van der Waals surface area (Å²) in [5.74, 6) is -0.201. The highest BCUT2D eigenvalue weighted by Gasteiger charge is 2.17. The normalized spacial score (nSPS) is 10.3. The number of hydrogen-bond acceptors (Lipinski definition) is 6. The first kappa shape index (κ1) is 12.4. The SMILES string of the molecule is Cc1cccc(CN(C)C(=O)c2nnc(N)s2)n1. The molecule has 0 radical (unpaired) electrons. The molecule has 1 amide bonds. The predicted molar refractivity (Wildman–Crippen MR) is 69.1 cm³/mol. The van der Waals surface area contributed by atoms with Crippen molar-refractivity contribution in [1.29, 1.82) is 0 Å². The number of rotatable bonds is 3. The number of pyridine rings is 1. The van der Waals surface area contributed by atoms with E-state index in [1.807, 2.05) is 25.1 Å². The number of amides is 1. The fourth-order valence-corrected chi connectivity index (χ4v) is 2.09. The van der Waals surface area contributed by atoms with Crippen molar-refractivity contribution in [3.05, 3.63) is 34.6 Å². The number of carbonyl (C=O) groups is 1. The van der Waals surface area contributed by atoms with Crippen LogP contribution < -0.4 is 5.73 Å².